The van der Waals surface area contributed by atoms with Crippen LogP contribution in [0, 0.1) is 6.92 Å². The molecule has 0 aliphatic heterocycles. The van der Waals surface area contributed by atoms with Gasteiger partial charge in [-0.25, -0.2) is 9.48 Å². The molecule has 0 spiro atoms. The summed E-state index contributed by atoms with van der Waals surface area (Å²) < 4.78 is 1.36. The normalized spacial score (nSPS) is 10.2. The van der Waals surface area contributed by atoms with Gasteiger partial charge in [0.2, 0.25) is 5.91 Å². The highest BCUT2D eigenvalue weighted by Crippen LogP contribution is 2.20. The Morgan fingerprint density at radius 3 is 2.84 bits per heavy atom. The van der Waals surface area contributed by atoms with Crippen molar-refractivity contribution < 1.29 is 14.7 Å². The summed E-state index contributed by atoms with van der Waals surface area (Å²) in [4.78, 5) is 22.9. The highest BCUT2D eigenvalue weighted by molar-refractivity contribution is 6.01. The van der Waals surface area contributed by atoms with Crippen LogP contribution in [0.1, 0.15) is 15.9 Å². The fourth-order valence-corrected chi connectivity index (χ4v) is 1.66. The van der Waals surface area contributed by atoms with Crippen LogP contribution in [0.3, 0.4) is 0 Å². The molecule has 1 aromatic carbocycles. The van der Waals surface area contributed by atoms with Crippen LogP contribution in [0.5, 0.6) is 0 Å². The lowest BCUT2D eigenvalue weighted by Gasteiger charge is -2.11. The van der Waals surface area contributed by atoms with Crippen molar-refractivity contribution in [2.24, 2.45) is 0 Å². The van der Waals surface area contributed by atoms with Crippen molar-refractivity contribution in [3.05, 3.63) is 41.7 Å². The number of aromatic carboxylic acids is 1. The molecule has 7 nitrogen and oxygen atoms in total. The van der Waals surface area contributed by atoms with Crippen LogP contribution in [-0.2, 0) is 11.3 Å². The molecule has 98 valence electrons. The van der Waals surface area contributed by atoms with E-state index in [1.54, 1.807) is 25.3 Å². The Bertz CT molecular complexity index is 607. The summed E-state index contributed by atoms with van der Waals surface area (Å²) in [7, 11) is 0. The Labute approximate surface area is 108 Å². The Morgan fingerprint density at radius 2 is 2.21 bits per heavy atom. The number of amides is 1. The second-order valence-electron chi connectivity index (χ2n) is 3.95. The molecule has 1 amide bonds. The smallest absolute Gasteiger partial charge is 0.337 e. The lowest BCUT2D eigenvalue weighted by molar-refractivity contribution is -0.116. The molecule has 19 heavy (non-hydrogen) atoms. The van der Waals surface area contributed by atoms with E-state index in [1.165, 1.54) is 16.9 Å². The molecule has 2 rings (SSSR count). The predicted molar refractivity (Wildman–Crippen MR) is 66.8 cm³/mol. The first kappa shape index (κ1) is 12.7. The minimum absolute atomic E-state index is 0.0204. The number of para-hydroxylation sites is 1. The van der Waals surface area contributed by atoms with E-state index in [4.69, 9.17) is 5.11 Å². The number of benzene rings is 1. The zero-order valence-corrected chi connectivity index (χ0v) is 10.2. The number of carbonyl (C=O) groups excluding carboxylic acids is 1. The van der Waals surface area contributed by atoms with Gasteiger partial charge in [-0.15, -0.1) is 5.10 Å². The predicted octanol–water partition coefficient (Wildman–Crippen LogP) is 0.923. The third kappa shape index (κ3) is 2.95. The molecule has 1 aromatic heterocycles. The van der Waals surface area contributed by atoms with E-state index in [0.717, 1.165) is 0 Å². The number of rotatable bonds is 4. The minimum atomic E-state index is -1.08. The summed E-state index contributed by atoms with van der Waals surface area (Å²) in [6.07, 6.45) is 3.01. The van der Waals surface area contributed by atoms with Crippen LogP contribution in [0.25, 0.3) is 0 Å². The van der Waals surface area contributed by atoms with Gasteiger partial charge in [0.25, 0.3) is 0 Å². The summed E-state index contributed by atoms with van der Waals surface area (Å²) in [6, 6.07) is 4.81. The van der Waals surface area contributed by atoms with Crippen LogP contribution in [0.15, 0.2) is 30.6 Å². The van der Waals surface area contributed by atoms with Gasteiger partial charge in [-0.2, -0.15) is 0 Å². The van der Waals surface area contributed by atoms with Gasteiger partial charge in [0, 0.05) is 6.20 Å². The molecule has 0 fully saturated rings. The first-order valence-electron chi connectivity index (χ1n) is 5.55. The molecule has 0 bridgehead atoms. The Hall–Kier alpha value is -2.70. The van der Waals surface area contributed by atoms with E-state index >= 15 is 0 Å². The summed E-state index contributed by atoms with van der Waals surface area (Å²) in [6.45, 7) is 1.71. The van der Waals surface area contributed by atoms with Crippen LogP contribution in [0.2, 0.25) is 0 Å². The van der Waals surface area contributed by atoms with Gasteiger partial charge < -0.3 is 10.4 Å². The lowest BCUT2D eigenvalue weighted by atomic mass is 10.1. The number of hydrogen-bond donors (Lipinski definition) is 2. The first-order valence-corrected chi connectivity index (χ1v) is 5.55. The molecule has 2 N–H and O–H groups in total. The number of carboxylic acids is 1. The fourth-order valence-electron chi connectivity index (χ4n) is 1.66. The van der Waals surface area contributed by atoms with E-state index < -0.39 is 5.97 Å². The van der Waals surface area contributed by atoms with Crippen LogP contribution >= 0.6 is 0 Å². The third-order valence-electron chi connectivity index (χ3n) is 2.55. The van der Waals surface area contributed by atoms with E-state index in [-0.39, 0.29) is 18.0 Å². The molecular weight excluding hydrogens is 248 g/mol. The Kier molecular flexibility index (Phi) is 3.56. The molecule has 0 saturated heterocycles. The van der Waals surface area contributed by atoms with Gasteiger partial charge in [-0.05, 0) is 18.6 Å². The number of nitrogens with zero attached hydrogens (tertiary/aromatic N) is 3. The SMILES string of the molecule is Cc1cccc(C(=O)O)c1NC(=O)Cn1ccnn1. The number of anilines is 1. The molecule has 2 aromatic rings. The van der Waals surface area contributed by atoms with Crippen molar-refractivity contribution in [1.82, 2.24) is 15.0 Å². The van der Waals surface area contributed by atoms with Gasteiger partial charge in [0.05, 0.1) is 17.4 Å². The number of aryl methyl sites for hydroxylation is 1. The molecule has 1 heterocycles. The topological polar surface area (TPSA) is 97.1 Å². The van der Waals surface area contributed by atoms with Crippen LogP contribution < -0.4 is 5.32 Å². The maximum absolute atomic E-state index is 11.8. The van der Waals surface area contributed by atoms with Gasteiger partial charge in [-0.1, -0.05) is 17.3 Å². The second kappa shape index (κ2) is 5.30. The minimum Gasteiger partial charge on any atom is -0.478 e. The molecule has 7 heteroatoms. The number of nitrogens with one attached hydrogen (secondary N) is 1. The zero-order valence-electron chi connectivity index (χ0n) is 10.2. The van der Waals surface area contributed by atoms with Gasteiger partial charge >= 0.3 is 5.97 Å². The number of carboxylic acid groups (broad SMARTS) is 1. The summed E-state index contributed by atoms with van der Waals surface area (Å²) in [5.41, 5.74) is 1.05. The van der Waals surface area contributed by atoms with Gasteiger partial charge in [0.15, 0.2) is 0 Å². The largest absolute Gasteiger partial charge is 0.478 e. The molecule has 0 aliphatic carbocycles. The van der Waals surface area contributed by atoms with E-state index in [9.17, 15) is 9.59 Å². The van der Waals surface area contributed by atoms with E-state index in [0.29, 0.717) is 11.3 Å². The maximum Gasteiger partial charge on any atom is 0.337 e. The highest BCUT2D eigenvalue weighted by atomic mass is 16.4. The van der Waals surface area contributed by atoms with Crippen molar-refractivity contribution in [2.75, 3.05) is 5.32 Å². The average molecular weight is 260 g/mol. The van der Waals surface area contributed by atoms with E-state index in [2.05, 4.69) is 15.6 Å². The van der Waals surface area contributed by atoms with Crippen molar-refractivity contribution in [3.8, 4) is 0 Å². The average Bonchev–Trinajstić information content (AvgIpc) is 2.84. The number of aromatic nitrogens is 3. The monoisotopic (exact) mass is 260 g/mol. The second-order valence-corrected chi connectivity index (χ2v) is 3.95. The zero-order chi connectivity index (χ0) is 13.8. The third-order valence-corrected chi connectivity index (χ3v) is 2.55. The van der Waals surface area contributed by atoms with Crippen molar-refractivity contribution in [2.45, 2.75) is 13.5 Å². The summed E-state index contributed by atoms with van der Waals surface area (Å²) >= 11 is 0. The number of carbonyl (C=O) groups is 2. The number of hydrogen-bond acceptors (Lipinski definition) is 4. The van der Waals surface area contributed by atoms with Crippen molar-refractivity contribution >= 4 is 17.6 Å². The van der Waals surface area contributed by atoms with Crippen LogP contribution in [0.4, 0.5) is 5.69 Å². The molecule has 0 aliphatic rings. The molecule has 0 saturated carbocycles. The van der Waals surface area contributed by atoms with Gasteiger partial charge in [-0.3, -0.25) is 4.79 Å². The molecule has 0 unspecified atom stereocenters. The van der Waals surface area contributed by atoms with Crippen LogP contribution in [-0.4, -0.2) is 32.0 Å². The lowest BCUT2D eigenvalue weighted by Crippen LogP contribution is -2.21. The molecule has 0 radical (unpaired) electrons. The van der Waals surface area contributed by atoms with Gasteiger partial charge in [0.1, 0.15) is 6.54 Å². The standard InChI is InChI=1S/C12H12N4O3/c1-8-3-2-4-9(12(18)19)11(8)14-10(17)7-16-6-5-13-15-16/h2-6H,7H2,1H3,(H,14,17)(H,18,19). The Morgan fingerprint density at radius 1 is 1.42 bits per heavy atom. The quantitative estimate of drug-likeness (QED) is 0.852. The fraction of sp³-hybridized carbons (Fsp3) is 0.167. The Balaban J connectivity index is 2.19. The summed E-state index contributed by atoms with van der Waals surface area (Å²) in [5.74, 6) is -1.44. The molecule has 0 atom stereocenters. The van der Waals surface area contributed by atoms with Crippen molar-refractivity contribution in [1.29, 1.82) is 0 Å². The molecular formula is C12H12N4O3. The van der Waals surface area contributed by atoms with Crippen molar-refractivity contribution in [3.63, 3.8) is 0 Å². The van der Waals surface area contributed by atoms with E-state index in [1.807, 2.05) is 0 Å². The maximum atomic E-state index is 11.8. The summed E-state index contributed by atoms with van der Waals surface area (Å²) in [5, 5.41) is 18.9. The first-order chi connectivity index (χ1) is 9.08. The highest BCUT2D eigenvalue weighted by Gasteiger charge is 2.14.